The molecule has 11 heteroatoms. The summed E-state index contributed by atoms with van der Waals surface area (Å²) in [5.41, 5.74) is -1.12. The first-order valence-corrected chi connectivity index (χ1v) is 6.93. The lowest BCUT2D eigenvalue weighted by Crippen LogP contribution is -2.30. The Kier molecular flexibility index (Phi) is 4.90. The highest BCUT2D eigenvalue weighted by Crippen LogP contribution is 2.30. The van der Waals surface area contributed by atoms with Gasteiger partial charge in [0, 0.05) is 20.3 Å². The number of likely N-dealkylation sites (N-methyl/N-ethyl adjacent to an activating group) is 1. The van der Waals surface area contributed by atoms with Crippen molar-refractivity contribution >= 4 is 11.6 Å². The lowest BCUT2D eigenvalue weighted by atomic mass is 10.3. The van der Waals surface area contributed by atoms with E-state index < -0.39 is 28.6 Å². The van der Waals surface area contributed by atoms with Gasteiger partial charge in [0.15, 0.2) is 0 Å². The summed E-state index contributed by atoms with van der Waals surface area (Å²) in [5, 5.41) is 18.6. The summed E-state index contributed by atoms with van der Waals surface area (Å²) in [6.07, 6.45) is -1.37. The number of amides is 1. The molecule has 0 saturated carbocycles. The fraction of sp³-hybridized carbons (Fsp3) is 0.462. The van der Waals surface area contributed by atoms with Gasteiger partial charge in [0.1, 0.15) is 12.2 Å². The Hall–Kier alpha value is -2.85. The second-order valence-corrected chi connectivity index (χ2v) is 5.27. The maximum Gasteiger partial charge on any atom is 0.319 e. The Labute approximate surface area is 135 Å². The predicted octanol–water partition coefficient (Wildman–Crippen LogP) is 1.43. The van der Waals surface area contributed by atoms with Crippen LogP contribution in [0.25, 0.3) is 0 Å². The molecule has 0 fully saturated rings. The predicted molar refractivity (Wildman–Crippen MR) is 78.3 cm³/mol. The molecule has 2 rings (SSSR count). The monoisotopic (exact) mass is 342 g/mol. The van der Waals surface area contributed by atoms with E-state index in [4.69, 9.17) is 0 Å². The van der Waals surface area contributed by atoms with E-state index in [2.05, 4.69) is 10.2 Å². The minimum atomic E-state index is -3.09. The number of nitro groups is 1. The van der Waals surface area contributed by atoms with Crippen molar-refractivity contribution in [2.45, 2.75) is 26.4 Å². The fourth-order valence-electron chi connectivity index (χ4n) is 2.21. The Balaban J connectivity index is 2.16. The van der Waals surface area contributed by atoms with Crippen LogP contribution in [0.1, 0.15) is 23.5 Å². The van der Waals surface area contributed by atoms with Gasteiger partial charge < -0.3 is 4.90 Å². The van der Waals surface area contributed by atoms with Gasteiger partial charge in [-0.15, -0.1) is 0 Å². The van der Waals surface area contributed by atoms with Crippen LogP contribution in [0.4, 0.5) is 14.5 Å². The van der Waals surface area contributed by atoms with E-state index in [0.717, 1.165) is 4.68 Å². The zero-order valence-corrected chi connectivity index (χ0v) is 13.3. The normalized spacial score (nSPS) is 11.1. The third-order valence-corrected chi connectivity index (χ3v) is 3.47. The van der Waals surface area contributed by atoms with Gasteiger partial charge in [0.25, 0.3) is 6.43 Å². The number of aromatic nitrogens is 4. The van der Waals surface area contributed by atoms with Gasteiger partial charge in [0.2, 0.25) is 11.6 Å². The largest absolute Gasteiger partial charge is 0.338 e. The number of rotatable bonds is 6. The summed E-state index contributed by atoms with van der Waals surface area (Å²) in [6, 6.07) is 1.74. The lowest BCUT2D eigenvalue weighted by Gasteiger charge is -2.16. The highest BCUT2D eigenvalue weighted by Gasteiger charge is 2.31. The smallest absolute Gasteiger partial charge is 0.319 e. The van der Waals surface area contributed by atoms with Crippen molar-refractivity contribution < 1.29 is 18.5 Å². The molecule has 9 nitrogen and oxygen atoms in total. The first-order chi connectivity index (χ1) is 11.2. The van der Waals surface area contributed by atoms with Gasteiger partial charge in [-0.3, -0.25) is 24.3 Å². The van der Waals surface area contributed by atoms with E-state index in [-0.39, 0.29) is 18.8 Å². The molecule has 0 unspecified atom stereocenters. The summed E-state index contributed by atoms with van der Waals surface area (Å²) in [4.78, 5) is 23.6. The molecule has 2 heterocycles. The van der Waals surface area contributed by atoms with Gasteiger partial charge in [-0.25, -0.2) is 8.78 Å². The highest BCUT2D eigenvalue weighted by atomic mass is 19.3. The van der Waals surface area contributed by atoms with E-state index in [1.165, 1.54) is 18.9 Å². The van der Waals surface area contributed by atoms with Crippen LogP contribution in [-0.2, 0) is 24.9 Å². The van der Waals surface area contributed by atoms with Crippen molar-refractivity contribution in [2.24, 2.45) is 7.05 Å². The first-order valence-electron chi connectivity index (χ1n) is 6.93. The minimum absolute atomic E-state index is 0.0881. The number of alkyl halides is 2. The van der Waals surface area contributed by atoms with E-state index >= 15 is 0 Å². The van der Waals surface area contributed by atoms with Gasteiger partial charge >= 0.3 is 5.69 Å². The van der Waals surface area contributed by atoms with Crippen molar-refractivity contribution in [3.05, 3.63) is 39.5 Å². The molecule has 0 N–H and O–H groups in total. The molecule has 0 aliphatic heterocycles. The number of halogens is 2. The quantitative estimate of drug-likeness (QED) is 0.584. The summed E-state index contributed by atoms with van der Waals surface area (Å²) >= 11 is 0. The number of aryl methyl sites for hydroxylation is 1. The summed E-state index contributed by atoms with van der Waals surface area (Å²) in [5.74, 6) is -0.429. The second kappa shape index (κ2) is 6.72. The number of hydrogen-bond donors (Lipinski definition) is 0. The molecular weight excluding hydrogens is 326 g/mol. The molecule has 0 aliphatic rings. The minimum Gasteiger partial charge on any atom is -0.338 e. The molecule has 0 bridgehead atoms. The molecule has 0 radical (unpaired) electrons. The van der Waals surface area contributed by atoms with Crippen LogP contribution in [0.2, 0.25) is 0 Å². The first kappa shape index (κ1) is 17.5. The molecule has 0 aromatic carbocycles. The zero-order chi connectivity index (χ0) is 18.0. The average Bonchev–Trinajstić information content (AvgIpc) is 3.03. The van der Waals surface area contributed by atoms with E-state index in [0.29, 0.717) is 5.69 Å². The van der Waals surface area contributed by atoms with E-state index in [9.17, 15) is 23.7 Å². The van der Waals surface area contributed by atoms with Crippen molar-refractivity contribution in [1.29, 1.82) is 0 Å². The van der Waals surface area contributed by atoms with Crippen molar-refractivity contribution in [3.63, 3.8) is 0 Å². The summed E-state index contributed by atoms with van der Waals surface area (Å²) in [7, 11) is 3.27. The van der Waals surface area contributed by atoms with E-state index in [1.54, 1.807) is 24.0 Å². The maximum atomic E-state index is 12.9. The van der Waals surface area contributed by atoms with Crippen LogP contribution in [0.15, 0.2) is 12.3 Å². The van der Waals surface area contributed by atoms with Crippen LogP contribution in [-0.4, -0.2) is 42.3 Å². The van der Waals surface area contributed by atoms with Crippen LogP contribution in [0.3, 0.4) is 0 Å². The van der Waals surface area contributed by atoms with Gasteiger partial charge in [-0.1, -0.05) is 0 Å². The molecule has 2 aromatic rings. The molecule has 0 spiro atoms. The molecule has 2 aromatic heterocycles. The number of nitrogens with zero attached hydrogens (tertiary/aromatic N) is 6. The van der Waals surface area contributed by atoms with Gasteiger partial charge in [-0.2, -0.15) is 10.2 Å². The third kappa shape index (κ3) is 3.55. The number of carbonyl (C=O) groups is 1. The molecule has 0 saturated heterocycles. The fourth-order valence-corrected chi connectivity index (χ4v) is 2.21. The van der Waals surface area contributed by atoms with Crippen molar-refractivity contribution in [3.8, 4) is 0 Å². The average molecular weight is 342 g/mol. The Morgan fingerprint density at radius 2 is 2.12 bits per heavy atom. The van der Waals surface area contributed by atoms with Gasteiger partial charge in [-0.05, 0) is 13.0 Å². The number of hydrogen-bond acceptors (Lipinski definition) is 5. The second-order valence-electron chi connectivity index (χ2n) is 5.27. The Morgan fingerprint density at radius 1 is 1.46 bits per heavy atom. The Bertz CT molecular complexity index is 770. The molecule has 1 amide bonds. The topological polar surface area (TPSA) is 99.1 Å². The van der Waals surface area contributed by atoms with E-state index in [1.807, 2.05) is 0 Å². The van der Waals surface area contributed by atoms with Crippen LogP contribution >= 0.6 is 0 Å². The SMILES string of the molecule is Cc1c([N+](=O)[O-])c(C(F)F)nn1CC(=O)N(C)Cc1ccn(C)n1. The van der Waals surface area contributed by atoms with Gasteiger partial charge in [0.05, 0.1) is 17.2 Å². The van der Waals surface area contributed by atoms with Crippen LogP contribution in [0, 0.1) is 17.0 Å². The highest BCUT2D eigenvalue weighted by molar-refractivity contribution is 5.75. The summed E-state index contributed by atoms with van der Waals surface area (Å²) < 4.78 is 28.3. The van der Waals surface area contributed by atoms with Crippen LogP contribution < -0.4 is 0 Å². The molecule has 0 atom stereocenters. The summed E-state index contributed by atoms with van der Waals surface area (Å²) in [6.45, 7) is 1.13. The molecule has 130 valence electrons. The molecular formula is C13H16F2N6O3. The standard InChI is InChI=1S/C13H16F2N6O3/c1-8-12(21(23)24)11(13(14)15)17-20(8)7-10(22)18(2)6-9-4-5-19(3)16-9/h4-5,13H,6-7H2,1-3H3. The zero-order valence-electron chi connectivity index (χ0n) is 13.3. The third-order valence-electron chi connectivity index (χ3n) is 3.47. The number of carbonyl (C=O) groups excluding carboxylic acids is 1. The molecule has 0 aliphatic carbocycles. The maximum absolute atomic E-state index is 12.9. The van der Waals surface area contributed by atoms with Crippen LogP contribution in [0.5, 0.6) is 0 Å². The van der Waals surface area contributed by atoms with Crippen molar-refractivity contribution in [2.75, 3.05) is 7.05 Å². The molecule has 24 heavy (non-hydrogen) atoms. The Morgan fingerprint density at radius 3 is 2.58 bits per heavy atom. The van der Waals surface area contributed by atoms with Crippen molar-refractivity contribution in [1.82, 2.24) is 24.5 Å². The lowest BCUT2D eigenvalue weighted by molar-refractivity contribution is -0.386.